The number of benzene rings is 1. The van der Waals surface area contributed by atoms with Crippen LogP contribution in [-0.2, 0) is 0 Å². The summed E-state index contributed by atoms with van der Waals surface area (Å²) in [7, 11) is 0. The number of fused-ring (bicyclic) bond motifs is 1. The van der Waals surface area contributed by atoms with E-state index < -0.39 is 0 Å². The van der Waals surface area contributed by atoms with Gasteiger partial charge in [0.25, 0.3) is 0 Å². The molecule has 2 nitrogen and oxygen atoms in total. The summed E-state index contributed by atoms with van der Waals surface area (Å²) < 4.78 is 5.52. The highest BCUT2D eigenvalue weighted by Crippen LogP contribution is 2.37. The van der Waals surface area contributed by atoms with E-state index in [9.17, 15) is 0 Å². The van der Waals surface area contributed by atoms with Gasteiger partial charge in [-0.2, -0.15) is 0 Å². The van der Waals surface area contributed by atoms with Crippen molar-refractivity contribution in [3.63, 3.8) is 0 Å². The molecule has 0 radical (unpaired) electrons. The van der Waals surface area contributed by atoms with Crippen molar-refractivity contribution in [2.75, 3.05) is 6.61 Å². The highest BCUT2D eigenvalue weighted by atomic mass is 16.5. The van der Waals surface area contributed by atoms with Gasteiger partial charge in [0.1, 0.15) is 11.9 Å². The van der Waals surface area contributed by atoms with E-state index in [-0.39, 0.29) is 12.7 Å². The van der Waals surface area contributed by atoms with Crippen LogP contribution < -0.4 is 4.74 Å². The van der Waals surface area contributed by atoms with Gasteiger partial charge in [-0.3, -0.25) is 0 Å². The predicted octanol–water partition coefficient (Wildman–Crippen LogP) is 1.54. The molecule has 2 rings (SSSR count). The average molecular weight is 164 g/mol. The normalized spacial score (nSPS) is 26.5. The lowest BCUT2D eigenvalue weighted by atomic mass is 9.98. The van der Waals surface area contributed by atoms with E-state index in [4.69, 9.17) is 9.84 Å². The maximum Gasteiger partial charge on any atom is 0.128 e. The van der Waals surface area contributed by atoms with Crippen LogP contribution in [0.5, 0.6) is 5.75 Å². The Hall–Kier alpha value is -1.02. The summed E-state index contributed by atoms with van der Waals surface area (Å²) in [6.07, 6.45) is -0.0533. The quantitative estimate of drug-likeness (QED) is 0.682. The molecule has 1 N–H and O–H groups in total. The van der Waals surface area contributed by atoms with Gasteiger partial charge >= 0.3 is 0 Å². The lowest BCUT2D eigenvalue weighted by Gasteiger charge is -2.10. The Labute approximate surface area is 71.8 Å². The minimum Gasteiger partial charge on any atom is -0.487 e. The molecular formula is C10H12O2. The standard InChI is InChI=1S/C10H12O2/c1-7-8-4-2-3-5-9(8)12-10(7)6-11/h2-5,7,10-11H,6H2,1H3/t7-,10-/m0/s1. The summed E-state index contributed by atoms with van der Waals surface area (Å²) in [6.45, 7) is 2.17. The Morgan fingerprint density at radius 1 is 1.42 bits per heavy atom. The van der Waals surface area contributed by atoms with Crippen LogP contribution in [0, 0.1) is 0 Å². The van der Waals surface area contributed by atoms with Crippen molar-refractivity contribution in [2.45, 2.75) is 18.9 Å². The minimum absolute atomic E-state index is 0.0533. The molecule has 1 aliphatic rings. The van der Waals surface area contributed by atoms with Crippen LogP contribution in [0.4, 0.5) is 0 Å². The van der Waals surface area contributed by atoms with E-state index in [1.807, 2.05) is 18.2 Å². The van der Waals surface area contributed by atoms with Gasteiger partial charge in [-0.1, -0.05) is 25.1 Å². The molecule has 0 aromatic heterocycles. The largest absolute Gasteiger partial charge is 0.487 e. The first kappa shape index (κ1) is 7.62. The SMILES string of the molecule is C[C@H]1c2ccccc2O[C@H]1CO. The third kappa shape index (κ3) is 0.994. The lowest BCUT2D eigenvalue weighted by Crippen LogP contribution is -2.20. The number of ether oxygens (including phenoxy) is 1. The fourth-order valence-electron chi connectivity index (χ4n) is 1.62. The van der Waals surface area contributed by atoms with Gasteiger partial charge in [-0.05, 0) is 6.07 Å². The molecule has 2 atom stereocenters. The van der Waals surface area contributed by atoms with Crippen LogP contribution in [0.15, 0.2) is 24.3 Å². The van der Waals surface area contributed by atoms with E-state index in [1.165, 1.54) is 5.56 Å². The number of aliphatic hydroxyl groups is 1. The summed E-state index contributed by atoms with van der Waals surface area (Å²) in [5, 5.41) is 8.98. The molecular weight excluding hydrogens is 152 g/mol. The molecule has 0 aliphatic carbocycles. The second kappa shape index (κ2) is 2.79. The van der Waals surface area contributed by atoms with E-state index in [0.29, 0.717) is 5.92 Å². The molecule has 0 amide bonds. The molecule has 0 unspecified atom stereocenters. The van der Waals surface area contributed by atoms with Crippen LogP contribution >= 0.6 is 0 Å². The molecule has 12 heavy (non-hydrogen) atoms. The molecule has 0 fully saturated rings. The maximum atomic E-state index is 8.98. The Kier molecular flexibility index (Phi) is 1.77. The van der Waals surface area contributed by atoms with E-state index in [1.54, 1.807) is 0 Å². The average Bonchev–Trinajstić information content (AvgIpc) is 2.44. The number of rotatable bonds is 1. The van der Waals surface area contributed by atoms with Gasteiger partial charge in [0.2, 0.25) is 0 Å². The number of aliphatic hydroxyl groups excluding tert-OH is 1. The van der Waals surface area contributed by atoms with Crippen molar-refractivity contribution in [1.29, 1.82) is 0 Å². The van der Waals surface area contributed by atoms with Crippen LogP contribution in [0.3, 0.4) is 0 Å². The lowest BCUT2D eigenvalue weighted by molar-refractivity contribution is 0.120. The zero-order valence-corrected chi connectivity index (χ0v) is 7.03. The van der Waals surface area contributed by atoms with Gasteiger partial charge in [-0.25, -0.2) is 0 Å². The molecule has 0 spiro atoms. The highest BCUT2D eigenvalue weighted by molar-refractivity contribution is 5.40. The second-order valence-electron chi connectivity index (χ2n) is 3.17. The van der Waals surface area contributed by atoms with Crippen LogP contribution in [0.25, 0.3) is 0 Å². The first-order chi connectivity index (χ1) is 5.83. The molecule has 1 heterocycles. The summed E-state index contributed by atoms with van der Waals surface area (Å²) in [5.74, 6) is 1.23. The minimum atomic E-state index is -0.0533. The molecule has 1 aliphatic heterocycles. The summed E-state index contributed by atoms with van der Waals surface area (Å²) >= 11 is 0. The van der Waals surface area contributed by atoms with Crippen molar-refractivity contribution in [3.05, 3.63) is 29.8 Å². The maximum absolute atomic E-state index is 8.98. The molecule has 64 valence electrons. The smallest absolute Gasteiger partial charge is 0.128 e. The fourth-order valence-corrected chi connectivity index (χ4v) is 1.62. The number of hydrogen-bond donors (Lipinski definition) is 1. The third-order valence-corrected chi connectivity index (χ3v) is 2.43. The Balaban J connectivity index is 2.35. The number of hydrogen-bond acceptors (Lipinski definition) is 2. The zero-order chi connectivity index (χ0) is 8.55. The van der Waals surface area contributed by atoms with E-state index in [2.05, 4.69) is 13.0 Å². The Bertz CT molecular complexity index is 283. The van der Waals surface area contributed by atoms with Gasteiger partial charge in [0.05, 0.1) is 6.61 Å². The van der Waals surface area contributed by atoms with Crippen molar-refractivity contribution in [3.8, 4) is 5.75 Å². The second-order valence-corrected chi connectivity index (χ2v) is 3.17. The predicted molar refractivity (Wildman–Crippen MR) is 46.4 cm³/mol. The molecule has 1 aromatic rings. The van der Waals surface area contributed by atoms with E-state index in [0.717, 1.165) is 5.75 Å². The van der Waals surface area contributed by atoms with Gasteiger partial charge in [0.15, 0.2) is 0 Å². The highest BCUT2D eigenvalue weighted by Gasteiger charge is 2.29. The third-order valence-electron chi connectivity index (χ3n) is 2.43. The summed E-state index contributed by atoms with van der Waals surface area (Å²) in [6, 6.07) is 7.95. The van der Waals surface area contributed by atoms with Crippen molar-refractivity contribution in [1.82, 2.24) is 0 Å². The Morgan fingerprint density at radius 3 is 2.83 bits per heavy atom. The van der Waals surface area contributed by atoms with Crippen LogP contribution in [0.2, 0.25) is 0 Å². The van der Waals surface area contributed by atoms with Crippen molar-refractivity contribution in [2.24, 2.45) is 0 Å². The zero-order valence-electron chi connectivity index (χ0n) is 7.03. The summed E-state index contributed by atoms with van der Waals surface area (Å²) in [5.41, 5.74) is 1.21. The number of para-hydroxylation sites is 1. The van der Waals surface area contributed by atoms with E-state index >= 15 is 0 Å². The van der Waals surface area contributed by atoms with Gasteiger partial charge < -0.3 is 9.84 Å². The molecule has 0 bridgehead atoms. The summed E-state index contributed by atoms with van der Waals surface area (Å²) in [4.78, 5) is 0. The monoisotopic (exact) mass is 164 g/mol. The molecule has 2 heteroatoms. The van der Waals surface area contributed by atoms with Crippen LogP contribution in [0.1, 0.15) is 18.4 Å². The molecule has 1 aromatic carbocycles. The fraction of sp³-hybridized carbons (Fsp3) is 0.400. The van der Waals surface area contributed by atoms with Gasteiger partial charge in [-0.15, -0.1) is 0 Å². The first-order valence-electron chi connectivity index (χ1n) is 4.19. The Morgan fingerprint density at radius 2 is 2.17 bits per heavy atom. The van der Waals surface area contributed by atoms with Gasteiger partial charge in [0, 0.05) is 11.5 Å². The van der Waals surface area contributed by atoms with Crippen molar-refractivity contribution < 1.29 is 9.84 Å². The topological polar surface area (TPSA) is 29.5 Å². The molecule has 0 saturated heterocycles. The first-order valence-corrected chi connectivity index (χ1v) is 4.19. The van der Waals surface area contributed by atoms with Crippen LogP contribution in [-0.4, -0.2) is 17.8 Å². The van der Waals surface area contributed by atoms with Crippen molar-refractivity contribution >= 4 is 0 Å². The molecule has 0 saturated carbocycles.